The highest BCUT2D eigenvalue weighted by Crippen LogP contribution is 2.16. The average molecular weight is 138 g/mol. The summed E-state index contributed by atoms with van der Waals surface area (Å²) >= 11 is 5.58. The van der Waals surface area contributed by atoms with E-state index in [4.69, 9.17) is 18.2 Å². The highest BCUT2D eigenvalue weighted by atomic mass is 35.5. The van der Waals surface area contributed by atoms with E-state index in [1.165, 1.54) is 0 Å². The molecule has 1 aromatic carbocycles. The fourth-order valence-electron chi connectivity index (χ4n) is 0.546. The fourth-order valence-corrected chi connectivity index (χ4v) is 0.730. The molecule has 9 heavy (non-hydrogen) atoms. The first-order valence-corrected chi connectivity index (χ1v) is 2.84. The fraction of sp³-hybridized carbons (Fsp3) is 0. The van der Waals surface area contributed by atoms with Crippen LogP contribution < -0.4 is 0 Å². The lowest BCUT2D eigenvalue weighted by Crippen LogP contribution is -1.59. The molecular weight excluding hydrogens is 134 g/mol. The van der Waals surface area contributed by atoms with Crippen LogP contribution in [0.3, 0.4) is 0 Å². The zero-order chi connectivity index (χ0) is 6.69. The van der Waals surface area contributed by atoms with Crippen molar-refractivity contribution in [3.63, 3.8) is 0 Å². The third-order valence-electron chi connectivity index (χ3n) is 0.937. The van der Waals surface area contributed by atoms with Gasteiger partial charge in [0.05, 0.1) is 6.57 Å². The monoisotopic (exact) mass is 137 g/mol. The summed E-state index contributed by atoms with van der Waals surface area (Å²) in [6.45, 7) is 6.61. The molecule has 0 heterocycles. The molecule has 1 rings (SSSR count). The largest absolute Gasteiger partial charge is 0.238 e. The van der Waals surface area contributed by atoms with Gasteiger partial charge < -0.3 is 0 Å². The first-order chi connectivity index (χ1) is 4.33. The Morgan fingerprint density at radius 1 is 1.44 bits per heavy atom. The Labute approximate surface area is 58.7 Å². The zero-order valence-electron chi connectivity index (χ0n) is 4.63. The summed E-state index contributed by atoms with van der Waals surface area (Å²) in [5, 5.41) is 0.614. The summed E-state index contributed by atoms with van der Waals surface area (Å²) in [6, 6.07) is 6.86. The van der Waals surface area contributed by atoms with E-state index in [9.17, 15) is 0 Å². The summed E-state index contributed by atoms with van der Waals surface area (Å²) in [5.74, 6) is 0. The highest BCUT2D eigenvalue weighted by molar-refractivity contribution is 6.30. The van der Waals surface area contributed by atoms with E-state index in [0.29, 0.717) is 10.7 Å². The predicted molar refractivity (Wildman–Crippen MR) is 37.7 cm³/mol. The maximum atomic E-state index is 6.61. The van der Waals surface area contributed by atoms with E-state index in [1.807, 2.05) is 0 Å². The number of nitrogens with zero attached hydrogens (tertiary/aromatic N) is 1. The van der Waals surface area contributed by atoms with E-state index in [2.05, 4.69) is 4.85 Å². The number of rotatable bonds is 0. The summed E-state index contributed by atoms with van der Waals surface area (Å²) in [4.78, 5) is 3.20. The lowest BCUT2D eigenvalue weighted by atomic mass is 10.3. The Morgan fingerprint density at radius 2 is 2.22 bits per heavy atom. The van der Waals surface area contributed by atoms with Crippen LogP contribution in [-0.2, 0) is 0 Å². The molecule has 44 valence electrons. The van der Waals surface area contributed by atoms with Crippen LogP contribution in [0, 0.1) is 6.57 Å². The van der Waals surface area contributed by atoms with Crippen molar-refractivity contribution < 1.29 is 0 Å². The molecule has 1 nitrogen and oxygen atoms in total. The third-order valence-corrected chi connectivity index (χ3v) is 1.17. The quantitative estimate of drug-likeness (QED) is 0.485. The first kappa shape index (κ1) is 6.12. The minimum Gasteiger partial charge on any atom is -0.238 e. The zero-order valence-corrected chi connectivity index (χ0v) is 5.39. The van der Waals surface area contributed by atoms with Crippen molar-refractivity contribution in [1.82, 2.24) is 0 Å². The molecule has 0 atom stereocenters. The van der Waals surface area contributed by atoms with Crippen molar-refractivity contribution >= 4 is 17.3 Å². The van der Waals surface area contributed by atoms with Crippen molar-refractivity contribution in [2.75, 3.05) is 0 Å². The van der Waals surface area contributed by atoms with Gasteiger partial charge in [0.25, 0.3) is 0 Å². The van der Waals surface area contributed by atoms with Crippen molar-refractivity contribution in [2.45, 2.75) is 0 Å². The van der Waals surface area contributed by atoms with E-state index in [1.54, 1.807) is 24.3 Å². The van der Waals surface area contributed by atoms with E-state index >= 15 is 0 Å². The Balaban J connectivity index is 3.12. The second-order valence-corrected chi connectivity index (χ2v) is 2.03. The average Bonchev–Trinajstić information content (AvgIpc) is 1.88. The first-order valence-electron chi connectivity index (χ1n) is 2.46. The van der Waals surface area contributed by atoms with Gasteiger partial charge in [-0.2, -0.15) is 0 Å². The molecule has 0 amide bonds. The second-order valence-electron chi connectivity index (χ2n) is 1.59. The van der Waals surface area contributed by atoms with Crippen molar-refractivity contribution in [3.8, 4) is 0 Å². The Morgan fingerprint density at radius 3 is 2.67 bits per heavy atom. The number of hydrogen-bond acceptors (Lipinski definition) is 0. The van der Waals surface area contributed by atoms with Crippen molar-refractivity contribution in [1.29, 1.82) is 0 Å². The van der Waals surface area contributed by atoms with Gasteiger partial charge in [-0.1, -0.05) is 23.7 Å². The van der Waals surface area contributed by atoms with Crippen LogP contribution in [0.4, 0.5) is 5.69 Å². The van der Waals surface area contributed by atoms with Gasteiger partial charge in [0, 0.05) is 5.02 Å². The lowest BCUT2D eigenvalue weighted by molar-refractivity contribution is 1.72. The molecule has 0 N–H and O–H groups in total. The Bertz CT molecular complexity index is 249. The number of halogens is 1. The normalized spacial score (nSPS) is 8.44. The van der Waals surface area contributed by atoms with Crippen LogP contribution in [0.25, 0.3) is 4.85 Å². The molecule has 0 radical (unpaired) electrons. The van der Waals surface area contributed by atoms with Gasteiger partial charge >= 0.3 is 0 Å². The SMILES string of the molecule is [C-]#[N+]c1cccc(Cl)c1. The van der Waals surface area contributed by atoms with Gasteiger partial charge in [-0.05, 0) is 12.1 Å². The van der Waals surface area contributed by atoms with Crippen molar-refractivity contribution in [2.24, 2.45) is 0 Å². The minimum atomic E-state index is 0.586. The van der Waals surface area contributed by atoms with E-state index < -0.39 is 0 Å². The van der Waals surface area contributed by atoms with Gasteiger partial charge in [-0.3, -0.25) is 0 Å². The molecule has 0 saturated carbocycles. The van der Waals surface area contributed by atoms with Crippen LogP contribution in [0.15, 0.2) is 24.3 Å². The predicted octanol–water partition coefficient (Wildman–Crippen LogP) is 2.89. The van der Waals surface area contributed by atoms with E-state index in [-0.39, 0.29) is 0 Å². The summed E-state index contributed by atoms with van der Waals surface area (Å²) < 4.78 is 0. The molecule has 2 heteroatoms. The standard InChI is InChI=1S/C7H4ClN/c1-9-7-4-2-3-6(8)5-7/h2-5H. The van der Waals surface area contributed by atoms with Crippen LogP contribution in [-0.4, -0.2) is 0 Å². The smallest absolute Gasteiger partial charge is 0.188 e. The molecule has 0 unspecified atom stereocenters. The van der Waals surface area contributed by atoms with Crippen LogP contribution in [0.1, 0.15) is 0 Å². The molecular formula is C7H4ClN. The maximum absolute atomic E-state index is 6.61. The molecule has 0 aliphatic carbocycles. The second kappa shape index (κ2) is 2.52. The Hall–Kier alpha value is -1.00. The molecule has 0 aliphatic rings. The summed E-state index contributed by atoms with van der Waals surface area (Å²) in [5.41, 5.74) is 0.586. The van der Waals surface area contributed by atoms with Gasteiger partial charge in [0.2, 0.25) is 0 Å². The molecule has 0 spiro atoms. The topological polar surface area (TPSA) is 4.36 Å². The molecule has 1 aromatic rings. The van der Waals surface area contributed by atoms with E-state index in [0.717, 1.165) is 0 Å². The summed E-state index contributed by atoms with van der Waals surface area (Å²) in [6.07, 6.45) is 0. The van der Waals surface area contributed by atoms with Gasteiger partial charge in [0.15, 0.2) is 5.69 Å². The minimum absolute atomic E-state index is 0.586. The molecule has 0 fully saturated rings. The highest BCUT2D eigenvalue weighted by Gasteiger charge is 1.88. The van der Waals surface area contributed by atoms with Crippen molar-refractivity contribution in [3.05, 3.63) is 40.7 Å². The molecule has 0 bridgehead atoms. The summed E-state index contributed by atoms with van der Waals surface area (Å²) in [7, 11) is 0. The Kier molecular flexibility index (Phi) is 1.72. The number of hydrogen-bond donors (Lipinski definition) is 0. The van der Waals surface area contributed by atoms with Gasteiger partial charge in [-0.25, -0.2) is 4.85 Å². The van der Waals surface area contributed by atoms with Crippen LogP contribution >= 0.6 is 11.6 Å². The van der Waals surface area contributed by atoms with Gasteiger partial charge in [0.1, 0.15) is 0 Å². The third kappa shape index (κ3) is 1.45. The maximum Gasteiger partial charge on any atom is 0.188 e. The van der Waals surface area contributed by atoms with Crippen LogP contribution in [0.2, 0.25) is 5.02 Å². The molecule has 0 aromatic heterocycles. The number of benzene rings is 1. The molecule has 0 saturated heterocycles. The van der Waals surface area contributed by atoms with Crippen LogP contribution in [0.5, 0.6) is 0 Å². The lowest BCUT2D eigenvalue weighted by Gasteiger charge is -1.86. The molecule has 0 aliphatic heterocycles. The van der Waals surface area contributed by atoms with Gasteiger partial charge in [-0.15, -0.1) is 0 Å².